The molecule has 0 atom stereocenters. The first-order valence-corrected chi connectivity index (χ1v) is 14.1. The van der Waals surface area contributed by atoms with Crippen LogP contribution in [0, 0.1) is 5.82 Å². The van der Waals surface area contributed by atoms with Crippen molar-refractivity contribution in [2.75, 3.05) is 13.1 Å². The molecule has 0 saturated carbocycles. The number of nitrogens with zero attached hydrogens (tertiary/aromatic N) is 7. The maximum Gasteiger partial charge on any atom is 0.301 e. The van der Waals surface area contributed by atoms with E-state index in [1.165, 1.54) is 16.8 Å². The van der Waals surface area contributed by atoms with Crippen molar-refractivity contribution in [1.29, 1.82) is 0 Å². The van der Waals surface area contributed by atoms with Crippen molar-refractivity contribution in [3.8, 4) is 22.6 Å². The molecule has 2 amide bonds. The number of carbonyl (C=O) groups excluding carboxylic acids is 2. The fraction of sp³-hybridized carbons (Fsp3) is 0.172. The van der Waals surface area contributed by atoms with Gasteiger partial charge in [0.1, 0.15) is 11.5 Å². The van der Waals surface area contributed by atoms with Crippen molar-refractivity contribution < 1.29 is 14.0 Å². The quantitative estimate of drug-likeness (QED) is 0.276. The summed E-state index contributed by atoms with van der Waals surface area (Å²) in [5, 5.41) is 13.5. The number of aromatic nitrogens is 5. The fourth-order valence-corrected chi connectivity index (χ4v) is 5.58. The van der Waals surface area contributed by atoms with Gasteiger partial charge in [-0.15, -0.1) is 10.2 Å². The van der Waals surface area contributed by atoms with Crippen LogP contribution < -0.4 is 4.67 Å². The van der Waals surface area contributed by atoms with Gasteiger partial charge < -0.3 is 4.90 Å². The van der Waals surface area contributed by atoms with E-state index in [1.807, 2.05) is 30.3 Å². The van der Waals surface area contributed by atoms with Crippen LogP contribution in [-0.2, 0) is 0 Å². The van der Waals surface area contributed by atoms with Crippen molar-refractivity contribution in [1.82, 2.24) is 29.1 Å². The lowest BCUT2D eigenvalue weighted by atomic mass is 10.1. The highest BCUT2D eigenvalue weighted by atomic mass is 35.5. The van der Waals surface area contributed by atoms with E-state index < -0.39 is 11.7 Å². The Morgan fingerprint density at radius 1 is 0.854 bits per heavy atom. The molecular weight excluding hydrogens is 565 g/mol. The Morgan fingerprint density at radius 2 is 1.54 bits per heavy atom. The van der Waals surface area contributed by atoms with E-state index in [1.54, 1.807) is 45.4 Å². The molecule has 206 valence electrons. The van der Waals surface area contributed by atoms with Gasteiger partial charge in [0, 0.05) is 23.7 Å². The summed E-state index contributed by atoms with van der Waals surface area (Å²) in [6, 6.07) is 21.9. The minimum absolute atomic E-state index is 0.0108. The number of benzene rings is 3. The molecule has 5 aromatic rings. The van der Waals surface area contributed by atoms with Crippen LogP contribution in [0.4, 0.5) is 4.39 Å². The summed E-state index contributed by atoms with van der Waals surface area (Å²) in [6.45, 7) is 1.24. The summed E-state index contributed by atoms with van der Waals surface area (Å²) in [4.78, 5) is 33.4. The van der Waals surface area contributed by atoms with Gasteiger partial charge in [-0.1, -0.05) is 47.1 Å². The number of piperidine rings is 1. The van der Waals surface area contributed by atoms with Crippen LogP contribution in [0.5, 0.6) is 0 Å². The highest BCUT2D eigenvalue weighted by molar-refractivity contribution is 7.04. The Balaban J connectivity index is 1.47. The number of hydrogen-bond acceptors (Lipinski definition) is 6. The molecule has 41 heavy (non-hydrogen) atoms. The van der Waals surface area contributed by atoms with Crippen molar-refractivity contribution >= 4 is 34.9 Å². The average Bonchev–Trinajstić information content (AvgIpc) is 3.64. The maximum atomic E-state index is 13.7. The monoisotopic (exact) mass is 587 g/mol. The summed E-state index contributed by atoms with van der Waals surface area (Å²) in [5.41, 5.74) is 2.34. The zero-order valence-corrected chi connectivity index (χ0v) is 23.2. The van der Waals surface area contributed by atoms with E-state index in [2.05, 4.69) is 20.4 Å². The largest absolute Gasteiger partial charge is 0.337 e. The van der Waals surface area contributed by atoms with Gasteiger partial charge in [-0.05, 0) is 79.3 Å². The van der Waals surface area contributed by atoms with Crippen LogP contribution in [0.1, 0.15) is 40.2 Å². The lowest BCUT2D eigenvalue weighted by Crippen LogP contribution is -2.38. The predicted molar refractivity (Wildman–Crippen MR) is 153 cm³/mol. The topological polar surface area (TPSA) is 98.3 Å². The van der Waals surface area contributed by atoms with E-state index in [4.69, 9.17) is 11.6 Å². The zero-order valence-electron chi connectivity index (χ0n) is 21.7. The molecule has 1 saturated heterocycles. The van der Waals surface area contributed by atoms with Gasteiger partial charge in [0.25, 0.3) is 5.91 Å². The molecule has 0 aliphatic carbocycles. The average molecular weight is 588 g/mol. The molecular formula is C29H23ClFN7O2S. The van der Waals surface area contributed by atoms with Gasteiger partial charge in [-0.2, -0.15) is 9.06 Å². The third-order valence-electron chi connectivity index (χ3n) is 6.65. The standard InChI is InChI=1S/C29H23ClFN7O2S/c30-20-9-13-23(14-10-20)38-34-25(29(40)36-17-5-2-6-18-36)28(41-38)32-27(39)24-26(19-7-3-1-4-8-19)37(35-33-24)22-15-11-21(31)12-16-22/h1,3-4,7-16H,2,5-6,17-18H2. The van der Waals surface area contributed by atoms with E-state index in [0.29, 0.717) is 40.7 Å². The van der Waals surface area contributed by atoms with E-state index in [0.717, 1.165) is 30.8 Å². The van der Waals surface area contributed by atoms with Crippen molar-refractivity contribution in [3.63, 3.8) is 0 Å². The van der Waals surface area contributed by atoms with Crippen molar-refractivity contribution in [2.24, 2.45) is 4.99 Å². The lowest BCUT2D eigenvalue weighted by Gasteiger charge is -2.25. The van der Waals surface area contributed by atoms with Crippen LogP contribution >= 0.6 is 23.1 Å². The highest BCUT2D eigenvalue weighted by Gasteiger charge is 2.26. The Bertz CT molecular complexity index is 1770. The third-order valence-corrected chi connectivity index (χ3v) is 7.83. The second-order valence-corrected chi connectivity index (χ2v) is 10.8. The summed E-state index contributed by atoms with van der Waals surface area (Å²) in [5.74, 6) is -1.36. The minimum Gasteiger partial charge on any atom is -0.337 e. The van der Waals surface area contributed by atoms with Crippen LogP contribution in [0.2, 0.25) is 5.02 Å². The lowest BCUT2D eigenvalue weighted by molar-refractivity contribution is 0.0716. The molecule has 9 nitrogen and oxygen atoms in total. The van der Waals surface area contributed by atoms with E-state index >= 15 is 0 Å². The van der Waals surface area contributed by atoms with Crippen molar-refractivity contribution in [2.45, 2.75) is 19.3 Å². The van der Waals surface area contributed by atoms with Gasteiger partial charge in [-0.25, -0.2) is 9.07 Å². The summed E-state index contributed by atoms with van der Waals surface area (Å²) in [6.07, 6.45) is 2.88. The first-order chi connectivity index (χ1) is 20.0. The molecule has 3 heterocycles. The van der Waals surface area contributed by atoms with Crippen LogP contribution in [-0.4, -0.2) is 54.0 Å². The summed E-state index contributed by atoms with van der Waals surface area (Å²) < 4.78 is 16.8. The molecule has 1 aliphatic rings. The molecule has 3 aromatic carbocycles. The molecule has 0 radical (unpaired) electrons. The molecule has 0 unspecified atom stereocenters. The highest BCUT2D eigenvalue weighted by Crippen LogP contribution is 2.26. The second kappa shape index (κ2) is 11.6. The van der Waals surface area contributed by atoms with E-state index in [-0.39, 0.29) is 22.0 Å². The SMILES string of the molecule is O=C(N=c1sn(-c2ccc(Cl)cc2)nc1C(=O)N1CCCCC1)c1nnn(-c2ccc(F)cc2)c1-c1ccccc1. The first-order valence-electron chi connectivity index (χ1n) is 13.0. The normalized spacial score (nSPS) is 13.9. The molecule has 0 N–H and O–H groups in total. The Labute approximate surface area is 243 Å². The summed E-state index contributed by atoms with van der Waals surface area (Å²) >= 11 is 7.13. The molecule has 0 spiro atoms. The number of likely N-dealkylation sites (tertiary alicyclic amines) is 1. The van der Waals surface area contributed by atoms with Gasteiger partial charge >= 0.3 is 5.91 Å². The van der Waals surface area contributed by atoms with Crippen LogP contribution in [0.3, 0.4) is 0 Å². The second-order valence-electron chi connectivity index (χ2n) is 9.41. The molecule has 1 aliphatic heterocycles. The van der Waals surface area contributed by atoms with Gasteiger partial charge in [-0.3, -0.25) is 9.59 Å². The molecule has 2 aromatic heterocycles. The van der Waals surface area contributed by atoms with Gasteiger partial charge in [0.05, 0.1) is 11.4 Å². The van der Waals surface area contributed by atoms with Crippen molar-refractivity contribution in [3.05, 3.63) is 106 Å². The predicted octanol–water partition coefficient (Wildman–Crippen LogP) is 5.34. The molecule has 0 bridgehead atoms. The zero-order chi connectivity index (χ0) is 28.3. The number of carbonyl (C=O) groups is 2. The van der Waals surface area contributed by atoms with Crippen LogP contribution in [0.15, 0.2) is 83.9 Å². The minimum atomic E-state index is -0.684. The van der Waals surface area contributed by atoms with Crippen LogP contribution in [0.25, 0.3) is 22.6 Å². The Hall–Kier alpha value is -4.48. The smallest absolute Gasteiger partial charge is 0.301 e. The third kappa shape index (κ3) is 5.59. The summed E-state index contributed by atoms with van der Waals surface area (Å²) in [7, 11) is 0. The molecule has 12 heteroatoms. The number of halogens is 2. The molecule has 1 fully saturated rings. The fourth-order valence-electron chi connectivity index (χ4n) is 4.60. The molecule has 6 rings (SSSR count). The number of amides is 2. The maximum absolute atomic E-state index is 13.7. The van der Waals surface area contributed by atoms with Gasteiger partial charge in [0.15, 0.2) is 16.1 Å². The Kier molecular flexibility index (Phi) is 7.53. The Morgan fingerprint density at radius 3 is 2.24 bits per heavy atom. The van der Waals surface area contributed by atoms with E-state index in [9.17, 15) is 14.0 Å². The number of hydrogen-bond donors (Lipinski definition) is 0. The van der Waals surface area contributed by atoms with Gasteiger partial charge in [0.2, 0.25) is 0 Å². The first kappa shape index (κ1) is 26.7. The number of rotatable bonds is 5.